The molecule has 0 unspecified atom stereocenters. The molecule has 0 N–H and O–H groups in total. The van der Waals surface area contributed by atoms with Crippen LogP contribution in [0.25, 0.3) is 0 Å². The summed E-state index contributed by atoms with van der Waals surface area (Å²) in [5.74, 6) is 0.184. The first-order valence-electron chi connectivity index (χ1n) is 7.92. The third kappa shape index (κ3) is 9.49. The molecular weight excluding hydrogens is 224 g/mol. The fraction of sp³-hybridized carbons (Fsp3) is 0.938. The summed E-state index contributed by atoms with van der Waals surface area (Å²) in [5, 5.41) is 0. The number of ether oxygens (including phenoxy) is 1. The van der Waals surface area contributed by atoms with Crippen molar-refractivity contribution in [1.82, 2.24) is 0 Å². The largest absolute Gasteiger partial charge is 0.466 e. The van der Waals surface area contributed by atoms with Crippen molar-refractivity contribution < 1.29 is 9.53 Å². The number of hydrogen-bond acceptors (Lipinski definition) is 2. The molecule has 0 bridgehead atoms. The predicted molar refractivity (Wildman–Crippen MR) is 77.6 cm³/mol. The van der Waals surface area contributed by atoms with Gasteiger partial charge in [0.2, 0.25) is 0 Å². The lowest BCUT2D eigenvalue weighted by Crippen LogP contribution is -2.18. The van der Waals surface area contributed by atoms with Crippen LogP contribution in [0.5, 0.6) is 0 Å². The lowest BCUT2D eigenvalue weighted by molar-refractivity contribution is -0.148. The van der Waals surface area contributed by atoms with Crippen molar-refractivity contribution in [2.24, 2.45) is 5.92 Å². The highest BCUT2D eigenvalue weighted by Gasteiger charge is 2.18. The minimum Gasteiger partial charge on any atom is -0.466 e. The summed E-state index contributed by atoms with van der Waals surface area (Å²) in [6.45, 7) is 6.84. The Labute approximate surface area is 113 Å². The Hall–Kier alpha value is -0.530. The maximum absolute atomic E-state index is 11.8. The van der Waals surface area contributed by atoms with E-state index in [-0.39, 0.29) is 11.9 Å². The summed E-state index contributed by atoms with van der Waals surface area (Å²) >= 11 is 0. The second-order valence-electron chi connectivity index (χ2n) is 5.15. The van der Waals surface area contributed by atoms with Gasteiger partial charge in [-0.15, -0.1) is 0 Å². The van der Waals surface area contributed by atoms with E-state index in [9.17, 15) is 4.79 Å². The van der Waals surface area contributed by atoms with Crippen molar-refractivity contribution >= 4 is 5.97 Å². The van der Waals surface area contributed by atoms with Gasteiger partial charge in [-0.1, -0.05) is 65.2 Å². The Bertz CT molecular complexity index is 178. The van der Waals surface area contributed by atoms with E-state index in [0.717, 1.165) is 12.8 Å². The van der Waals surface area contributed by atoms with Gasteiger partial charge in [0.05, 0.1) is 12.5 Å². The zero-order valence-corrected chi connectivity index (χ0v) is 12.7. The summed E-state index contributed by atoms with van der Waals surface area (Å²) in [6, 6.07) is 0. The molecule has 0 saturated carbocycles. The van der Waals surface area contributed by atoms with Gasteiger partial charge >= 0.3 is 5.97 Å². The summed E-state index contributed by atoms with van der Waals surface area (Å²) in [6.07, 6.45) is 12.0. The highest BCUT2D eigenvalue weighted by atomic mass is 16.5. The van der Waals surface area contributed by atoms with Crippen molar-refractivity contribution in [2.45, 2.75) is 85.0 Å². The van der Waals surface area contributed by atoms with Gasteiger partial charge in [0, 0.05) is 0 Å². The molecule has 0 heterocycles. The van der Waals surface area contributed by atoms with Gasteiger partial charge in [-0.2, -0.15) is 0 Å². The lowest BCUT2D eigenvalue weighted by atomic mass is 9.94. The van der Waals surface area contributed by atoms with Gasteiger partial charge in [0.15, 0.2) is 0 Å². The molecule has 0 rings (SSSR count). The summed E-state index contributed by atoms with van der Waals surface area (Å²) < 4.78 is 5.18. The van der Waals surface area contributed by atoms with Crippen LogP contribution in [0.4, 0.5) is 0 Å². The van der Waals surface area contributed by atoms with E-state index in [1.165, 1.54) is 51.4 Å². The van der Waals surface area contributed by atoms with Crippen molar-refractivity contribution in [2.75, 3.05) is 6.61 Å². The first-order valence-corrected chi connectivity index (χ1v) is 7.92. The highest BCUT2D eigenvalue weighted by molar-refractivity contribution is 5.72. The van der Waals surface area contributed by atoms with Crippen molar-refractivity contribution in [3.63, 3.8) is 0 Å². The molecule has 2 nitrogen and oxygen atoms in total. The fourth-order valence-corrected chi connectivity index (χ4v) is 2.28. The molecule has 0 aromatic heterocycles. The second kappa shape index (κ2) is 12.9. The molecule has 0 saturated heterocycles. The van der Waals surface area contributed by atoms with Gasteiger partial charge in [-0.25, -0.2) is 0 Å². The molecule has 0 aliphatic carbocycles. The molecule has 0 spiro atoms. The topological polar surface area (TPSA) is 26.3 Å². The quantitative estimate of drug-likeness (QED) is 0.358. The molecule has 18 heavy (non-hydrogen) atoms. The van der Waals surface area contributed by atoms with Crippen molar-refractivity contribution in [3.05, 3.63) is 0 Å². The molecule has 108 valence electrons. The van der Waals surface area contributed by atoms with Crippen LogP contribution in [0, 0.1) is 5.92 Å². The molecule has 0 aromatic rings. The molecule has 0 atom stereocenters. The number of esters is 1. The first-order chi connectivity index (χ1) is 8.76. The molecule has 0 aliphatic heterocycles. The molecular formula is C16H32O2. The summed E-state index contributed by atoms with van der Waals surface area (Å²) in [7, 11) is 0. The van der Waals surface area contributed by atoms with Gasteiger partial charge in [-0.05, 0) is 19.8 Å². The van der Waals surface area contributed by atoms with Gasteiger partial charge in [0.1, 0.15) is 0 Å². The van der Waals surface area contributed by atoms with Crippen LogP contribution < -0.4 is 0 Å². The normalized spacial score (nSPS) is 10.9. The number of hydrogen-bond donors (Lipinski definition) is 0. The Morgan fingerprint density at radius 2 is 1.33 bits per heavy atom. The highest BCUT2D eigenvalue weighted by Crippen LogP contribution is 2.19. The van der Waals surface area contributed by atoms with E-state index >= 15 is 0 Å². The van der Waals surface area contributed by atoms with E-state index < -0.39 is 0 Å². The number of carbonyl (C=O) groups excluding carboxylic acids is 1. The van der Waals surface area contributed by atoms with Gasteiger partial charge < -0.3 is 4.74 Å². The molecule has 0 amide bonds. The lowest BCUT2D eigenvalue weighted by Gasteiger charge is -2.15. The van der Waals surface area contributed by atoms with Crippen molar-refractivity contribution in [3.8, 4) is 0 Å². The zero-order chi connectivity index (χ0) is 13.6. The molecule has 0 radical (unpaired) electrons. The Morgan fingerprint density at radius 3 is 1.72 bits per heavy atom. The molecule has 2 heteroatoms. The van der Waals surface area contributed by atoms with E-state index in [2.05, 4.69) is 13.8 Å². The van der Waals surface area contributed by atoms with E-state index in [4.69, 9.17) is 4.74 Å². The van der Waals surface area contributed by atoms with E-state index in [1.807, 2.05) is 6.92 Å². The Balaban J connectivity index is 3.88. The number of carbonyl (C=O) groups is 1. The van der Waals surface area contributed by atoms with Crippen LogP contribution in [-0.2, 0) is 9.53 Å². The van der Waals surface area contributed by atoms with E-state index in [0.29, 0.717) is 6.61 Å². The van der Waals surface area contributed by atoms with Gasteiger partial charge in [-0.3, -0.25) is 4.79 Å². The molecule has 0 fully saturated rings. The van der Waals surface area contributed by atoms with Crippen LogP contribution in [0.3, 0.4) is 0 Å². The fourth-order valence-electron chi connectivity index (χ4n) is 2.28. The summed E-state index contributed by atoms with van der Waals surface area (Å²) in [5.41, 5.74) is 0. The van der Waals surface area contributed by atoms with Crippen LogP contribution in [0.1, 0.15) is 85.0 Å². The SMILES string of the molecule is CCCCCCC(CCCCCC)C(=O)OCC. The first kappa shape index (κ1) is 17.5. The average Bonchev–Trinajstić information content (AvgIpc) is 2.37. The maximum atomic E-state index is 11.8. The minimum atomic E-state index is 0.0329. The Morgan fingerprint density at radius 1 is 0.833 bits per heavy atom. The summed E-state index contributed by atoms with van der Waals surface area (Å²) in [4.78, 5) is 11.8. The van der Waals surface area contributed by atoms with Crippen LogP contribution in [0.15, 0.2) is 0 Å². The van der Waals surface area contributed by atoms with Gasteiger partial charge in [0.25, 0.3) is 0 Å². The monoisotopic (exact) mass is 256 g/mol. The van der Waals surface area contributed by atoms with Crippen LogP contribution in [-0.4, -0.2) is 12.6 Å². The predicted octanol–water partition coefficient (Wildman–Crippen LogP) is 5.11. The smallest absolute Gasteiger partial charge is 0.308 e. The third-order valence-corrected chi connectivity index (χ3v) is 3.43. The average molecular weight is 256 g/mol. The standard InChI is InChI=1S/C16H32O2/c1-4-7-9-11-13-15(16(17)18-6-3)14-12-10-8-5-2/h15H,4-14H2,1-3H3. The molecule has 0 aromatic carbocycles. The van der Waals surface area contributed by atoms with Crippen LogP contribution in [0.2, 0.25) is 0 Å². The van der Waals surface area contributed by atoms with Crippen molar-refractivity contribution in [1.29, 1.82) is 0 Å². The third-order valence-electron chi connectivity index (χ3n) is 3.43. The van der Waals surface area contributed by atoms with E-state index in [1.54, 1.807) is 0 Å². The number of rotatable bonds is 12. The van der Waals surface area contributed by atoms with Crippen LogP contribution >= 0.6 is 0 Å². The number of unbranched alkanes of at least 4 members (excludes halogenated alkanes) is 6. The molecule has 0 aliphatic rings. The maximum Gasteiger partial charge on any atom is 0.308 e. The minimum absolute atomic E-state index is 0.0329. The Kier molecular flexibility index (Phi) is 12.5. The second-order valence-corrected chi connectivity index (χ2v) is 5.15. The zero-order valence-electron chi connectivity index (χ0n) is 12.7.